The summed E-state index contributed by atoms with van der Waals surface area (Å²) in [5.41, 5.74) is 10.6. The van der Waals surface area contributed by atoms with Crippen molar-refractivity contribution in [1.82, 2.24) is 0 Å². The summed E-state index contributed by atoms with van der Waals surface area (Å²) in [6.45, 7) is 20.3. The molecule has 7 aromatic carbocycles. The van der Waals surface area contributed by atoms with Crippen LogP contribution >= 0.6 is 11.3 Å². The number of rotatable bonds is 4. The Hall–Kier alpha value is -4.98. The second kappa shape index (κ2) is 11.8. The first kappa shape index (κ1) is 32.2. The van der Waals surface area contributed by atoms with Gasteiger partial charge in [-0.1, -0.05) is 169 Å². The Labute approximate surface area is 300 Å². The fraction of sp³-hybridized carbons (Fsp3) is 0.184. The van der Waals surface area contributed by atoms with Crippen LogP contribution in [0.4, 0.5) is 0 Å². The zero-order valence-electron chi connectivity index (χ0n) is 30.2. The van der Waals surface area contributed by atoms with E-state index in [2.05, 4.69) is 176 Å². The van der Waals surface area contributed by atoms with E-state index in [0.717, 1.165) is 0 Å². The van der Waals surface area contributed by atoms with Gasteiger partial charge in [-0.25, -0.2) is 0 Å². The highest BCUT2D eigenvalue weighted by atomic mass is 32.1. The zero-order valence-corrected chi connectivity index (χ0v) is 31.1. The van der Waals surface area contributed by atoms with Crippen LogP contribution < -0.4 is 0 Å². The van der Waals surface area contributed by atoms with E-state index in [1.54, 1.807) is 0 Å². The number of fused-ring (bicyclic) bond motifs is 6. The fourth-order valence-electron chi connectivity index (χ4n) is 8.60. The standard InChI is InChI=1S/C49H44S/c1-9-10-19-31-30(2)42(32-20-11-14-23-35(32)45(31)48(3,4)5)39-27-17-28-40-44-38(26-18-29-41(44)50-47(39)40)43-33-21-12-15-24-36(33)46(49(6,7)8)37-25-16-13-22-34(37)43/h9-29H,1H2,2-8H3/b19-10-. The van der Waals surface area contributed by atoms with Crippen molar-refractivity contribution >= 4 is 69.9 Å². The molecule has 0 saturated heterocycles. The Kier molecular flexibility index (Phi) is 7.62. The maximum atomic E-state index is 4.01. The molecule has 1 heterocycles. The van der Waals surface area contributed by atoms with E-state index in [9.17, 15) is 0 Å². The SMILES string of the molecule is C=C/C=C\c1c(C)c(-c2cccc3c2sc2cccc(-c4c5ccccc5c(C(C)(C)C)c5ccccc45)c23)c2ccccc2c1C(C)(C)C. The molecular formula is C49H44S. The third-order valence-electron chi connectivity index (χ3n) is 10.4. The largest absolute Gasteiger partial charge is 0.135 e. The molecule has 0 spiro atoms. The Balaban J connectivity index is 1.50. The van der Waals surface area contributed by atoms with Crippen LogP contribution in [0.1, 0.15) is 63.8 Å². The van der Waals surface area contributed by atoms with Crippen molar-refractivity contribution in [1.29, 1.82) is 0 Å². The molecule has 0 aliphatic carbocycles. The topological polar surface area (TPSA) is 0 Å². The molecule has 0 N–H and O–H groups in total. The molecule has 50 heavy (non-hydrogen) atoms. The van der Waals surface area contributed by atoms with Crippen LogP contribution in [0.25, 0.3) is 80.8 Å². The van der Waals surface area contributed by atoms with E-state index in [1.807, 2.05) is 17.4 Å². The molecule has 0 unspecified atom stereocenters. The molecule has 0 fully saturated rings. The van der Waals surface area contributed by atoms with Crippen LogP contribution in [0.3, 0.4) is 0 Å². The molecule has 8 aromatic rings. The third kappa shape index (κ3) is 4.94. The predicted octanol–water partition coefficient (Wildman–Crippen LogP) is 15.0. The molecule has 1 aromatic heterocycles. The van der Waals surface area contributed by atoms with Crippen LogP contribution in [0.15, 0.2) is 128 Å². The lowest BCUT2D eigenvalue weighted by Gasteiger charge is -2.28. The molecule has 0 saturated carbocycles. The summed E-state index contributed by atoms with van der Waals surface area (Å²) < 4.78 is 2.66. The average Bonchev–Trinajstić information content (AvgIpc) is 3.48. The molecule has 0 nitrogen and oxygen atoms in total. The summed E-state index contributed by atoms with van der Waals surface area (Å²) in [4.78, 5) is 0. The van der Waals surface area contributed by atoms with Crippen molar-refractivity contribution < 1.29 is 0 Å². The minimum absolute atomic E-state index is 0.00336. The van der Waals surface area contributed by atoms with Crippen molar-refractivity contribution in [3.63, 3.8) is 0 Å². The third-order valence-corrected chi connectivity index (χ3v) is 11.6. The first-order chi connectivity index (χ1) is 24.0. The quantitative estimate of drug-likeness (QED) is 0.130. The van der Waals surface area contributed by atoms with Crippen LogP contribution in [0.5, 0.6) is 0 Å². The molecule has 0 radical (unpaired) electrons. The Bertz CT molecular complexity index is 2620. The van der Waals surface area contributed by atoms with E-state index in [4.69, 9.17) is 0 Å². The second-order valence-corrected chi connectivity index (χ2v) is 16.8. The maximum absolute atomic E-state index is 4.01. The molecule has 0 aliphatic rings. The Morgan fingerprint density at radius 2 is 1.00 bits per heavy atom. The summed E-state index contributed by atoms with van der Waals surface area (Å²) in [5.74, 6) is 0. The van der Waals surface area contributed by atoms with E-state index < -0.39 is 0 Å². The highest BCUT2D eigenvalue weighted by Gasteiger charge is 2.27. The summed E-state index contributed by atoms with van der Waals surface area (Å²) in [6.07, 6.45) is 6.23. The minimum Gasteiger partial charge on any atom is -0.135 e. The second-order valence-electron chi connectivity index (χ2n) is 15.7. The normalized spacial score (nSPS) is 12.7. The highest BCUT2D eigenvalue weighted by Crippen LogP contribution is 2.51. The molecular weight excluding hydrogens is 621 g/mol. The minimum atomic E-state index is -0.0314. The van der Waals surface area contributed by atoms with E-state index in [1.165, 1.54) is 97.0 Å². The molecule has 0 bridgehead atoms. The van der Waals surface area contributed by atoms with Gasteiger partial charge in [-0.05, 0) is 95.1 Å². The van der Waals surface area contributed by atoms with Gasteiger partial charge < -0.3 is 0 Å². The van der Waals surface area contributed by atoms with Gasteiger partial charge >= 0.3 is 0 Å². The molecule has 246 valence electrons. The molecule has 1 heteroatoms. The van der Waals surface area contributed by atoms with Gasteiger partial charge in [-0.2, -0.15) is 0 Å². The van der Waals surface area contributed by atoms with Crippen molar-refractivity contribution in [2.75, 3.05) is 0 Å². The van der Waals surface area contributed by atoms with Crippen molar-refractivity contribution in [2.24, 2.45) is 0 Å². The number of benzene rings is 7. The Morgan fingerprint density at radius 1 is 0.520 bits per heavy atom. The van der Waals surface area contributed by atoms with Crippen LogP contribution in [0.2, 0.25) is 0 Å². The average molecular weight is 665 g/mol. The van der Waals surface area contributed by atoms with E-state index in [0.29, 0.717) is 0 Å². The highest BCUT2D eigenvalue weighted by molar-refractivity contribution is 7.26. The number of hydrogen-bond donors (Lipinski definition) is 0. The molecule has 0 amide bonds. The van der Waals surface area contributed by atoms with Crippen molar-refractivity contribution in [2.45, 2.75) is 59.3 Å². The van der Waals surface area contributed by atoms with Gasteiger partial charge in [0, 0.05) is 25.7 Å². The van der Waals surface area contributed by atoms with Crippen molar-refractivity contribution in [3.8, 4) is 22.3 Å². The van der Waals surface area contributed by atoms with Crippen LogP contribution in [-0.2, 0) is 10.8 Å². The summed E-state index contributed by atoms with van der Waals surface area (Å²) in [6, 6.07) is 41.0. The van der Waals surface area contributed by atoms with Crippen LogP contribution in [-0.4, -0.2) is 0 Å². The summed E-state index contributed by atoms with van der Waals surface area (Å²) in [7, 11) is 0. The monoisotopic (exact) mass is 664 g/mol. The Morgan fingerprint density at radius 3 is 1.56 bits per heavy atom. The fourth-order valence-corrected chi connectivity index (χ4v) is 9.84. The van der Waals surface area contributed by atoms with Gasteiger partial charge in [-0.3, -0.25) is 0 Å². The van der Waals surface area contributed by atoms with Gasteiger partial charge in [0.25, 0.3) is 0 Å². The van der Waals surface area contributed by atoms with Gasteiger partial charge in [-0.15, -0.1) is 11.3 Å². The first-order valence-corrected chi connectivity index (χ1v) is 18.6. The predicted molar refractivity (Wildman–Crippen MR) is 224 cm³/mol. The molecule has 0 atom stereocenters. The van der Waals surface area contributed by atoms with Crippen molar-refractivity contribution in [3.05, 3.63) is 150 Å². The van der Waals surface area contributed by atoms with Gasteiger partial charge in [0.1, 0.15) is 0 Å². The van der Waals surface area contributed by atoms with E-state index in [-0.39, 0.29) is 10.8 Å². The first-order valence-electron chi connectivity index (χ1n) is 17.7. The maximum Gasteiger partial charge on any atom is 0.0434 e. The smallest absolute Gasteiger partial charge is 0.0434 e. The lowest BCUT2D eigenvalue weighted by Crippen LogP contribution is -2.15. The van der Waals surface area contributed by atoms with Crippen LogP contribution in [0, 0.1) is 6.92 Å². The van der Waals surface area contributed by atoms with E-state index >= 15 is 0 Å². The summed E-state index contributed by atoms with van der Waals surface area (Å²) in [5, 5.41) is 10.6. The van der Waals surface area contributed by atoms with Gasteiger partial charge in [0.05, 0.1) is 0 Å². The molecule has 8 rings (SSSR count). The number of allylic oxidation sites excluding steroid dienone is 2. The zero-order chi connectivity index (χ0) is 34.9. The summed E-state index contributed by atoms with van der Waals surface area (Å²) >= 11 is 1.93. The lowest BCUT2D eigenvalue weighted by molar-refractivity contribution is 0.594. The lowest BCUT2D eigenvalue weighted by atomic mass is 9.76. The number of hydrogen-bond acceptors (Lipinski definition) is 1. The van der Waals surface area contributed by atoms with Gasteiger partial charge in [0.2, 0.25) is 0 Å². The number of thiophene rings is 1. The molecule has 0 aliphatic heterocycles. The van der Waals surface area contributed by atoms with Gasteiger partial charge in [0.15, 0.2) is 0 Å².